The molecule has 1 spiro atoms. The van der Waals surface area contributed by atoms with Gasteiger partial charge >= 0.3 is 0 Å². The summed E-state index contributed by atoms with van der Waals surface area (Å²) < 4.78 is 7.19. The van der Waals surface area contributed by atoms with Gasteiger partial charge in [-0.2, -0.15) is 0 Å². The zero-order valence-electron chi connectivity index (χ0n) is 34.6. The Morgan fingerprint density at radius 3 is 1.60 bits per heavy atom. The predicted molar refractivity (Wildman–Crippen MR) is 257 cm³/mol. The topological polar surface area (TPSA) is 12.5 Å². The highest BCUT2D eigenvalue weighted by Gasteiger charge is 2.52. The molecule has 10 aromatic rings. The van der Waals surface area contributed by atoms with Gasteiger partial charge in [0.05, 0.1) is 5.41 Å². The molecule has 2 heteroatoms. The third-order valence-corrected chi connectivity index (χ3v) is 14.1. The van der Waals surface area contributed by atoms with Gasteiger partial charge < -0.3 is 9.64 Å². The van der Waals surface area contributed by atoms with E-state index in [0.29, 0.717) is 0 Å². The quantitative estimate of drug-likeness (QED) is 0.176. The Hall–Kier alpha value is -7.68. The number of hydrogen-bond acceptors (Lipinski definition) is 2. The van der Waals surface area contributed by atoms with E-state index >= 15 is 0 Å². The Bertz CT molecular complexity index is 3380. The maximum absolute atomic E-state index is 7.19. The molecule has 0 aromatic heterocycles. The van der Waals surface area contributed by atoms with E-state index in [1.54, 1.807) is 0 Å². The zero-order chi connectivity index (χ0) is 41.2. The summed E-state index contributed by atoms with van der Waals surface area (Å²) in [6, 6.07) is 78.3. The van der Waals surface area contributed by atoms with E-state index in [1.165, 1.54) is 77.5 Å². The van der Waals surface area contributed by atoms with Crippen LogP contribution in [0, 0.1) is 0 Å². The number of para-hydroxylation sites is 1. The van der Waals surface area contributed by atoms with Crippen molar-refractivity contribution in [3.05, 3.63) is 246 Å². The van der Waals surface area contributed by atoms with Crippen LogP contribution in [0.1, 0.15) is 47.2 Å². The van der Waals surface area contributed by atoms with Crippen LogP contribution in [0.4, 0.5) is 17.1 Å². The first kappa shape index (κ1) is 35.1. The first-order chi connectivity index (χ1) is 30.5. The van der Waals surface area contributed by atoms with E-state index in [2.05, 4.69) is 231 Å². The number of nitrogens with zero attached hydrogens (tertiary/aromatic N) is 1. The highest BCUT2D eigenvalue weighted by atomic mass is 16.5. The van der Waals surface area contributed by atoms with Gasteiger partial charge in [-0.15, -0.1) is 0 Å². The van der Waals surface area contributed by atoms with E-state index in [0.717, 1.165) is 39.3 Å². The Balaban J connectivity index is 0.999. The van der Waals surface area contributed by atoms with E-state index in [9.17, 15) is 0 Å². The van der Waals surface area contributed by atoms with Crippen LogP contribution in [0.15, 0.2) is 212 Å². The summed E-state index contributed by atoms with van der Waals surface area (Å²) in [5.74, 6) is 1.87. The maximum atomic E-state index is 7.19. The van der Waals surface area contributed by atoms with Gasteiger partial charge in [-0.1, -0.05) is 190 Å². The summed E-state index contributed by atoms with van der Waals surface area (Å²) in [6.07, 6.45) is 0. The Labute approximate surface area is 362 Å². The van der Waals surface area contributed by atoms with Crippen LogP contribution in [-0.2, 0) is 10.8 Å². The molecule has 2 aliphatic carbocycles. The lowest BCUT2D eigenvalue weighted by atomic mass is 9.65. The monoisotopic (exact) mass is 791 g/mol. The van der Waals surface area contributed by atoms with Crippen molar-refractivity contribution in [2.45, 2.75) is 24.7 Å². The second-order valence-electron chi connectivity index (χ2n) is 17.6. The number of benzene rings is 10. The van der Waals surface area contributed by atoms with Crippen LogP contribution in [-0.4, -0.2) is 0 Å². The van der Waals surface area contributed by atoms with Crippen molar-refractivity contribution < 1.29 is 4.74 Å². The molecule has 292 valence electrons. The summed E-state index contributed by atoms with van der Waals surface area (Å²) >= 11 is 0. The molecular formula is C60H41NO. The summed E-state index contributed by atoms with van der Waals surface area (Å²) in [7, 11) is 0. The number of rotatable bonds is 4. The summed E-state index contributed by atoms with van der Waals surface area (Å²) in [5.41, 5.74) is 18.0. The summed E-state index contributed by atoms with van der Waals surface area (Å²) in [6.45, 7) is 4.71. The van der Waals surface area contributed by atoms with Crippen molar-refractivity contribution in [1.29, 1.82) is 0 Å². The van der Waals surface area contributed by atoms with E-state index in [4.69, 9.17) is 4.74 Å². The normalized spacial score (nSPS) is 14.4. The van der Waals surface area contributed by atoms with Gasteiger partial charge in [-0.05, 0) is 103 Å². The second kappa shape index (κ2) is 12.9. The average molecular weight is 792 g/mol. The van der Waals surface area contributed by atoms with E-state index in [1.807, 2.05) is 0 Å². The SMILES string of the molecule is CC1(C)c2ccccc2-c2ccc(N(c3ccccc3)c3ccc(-c4cccc5c4-c4ccccc4C54c5ccc6ccccc6c5Oc5c4ccc4ccccc54)cc3)cc21. The van der Waals surface area contributed by atoms with Crippen LogP contribution >= 0.6 is 0 Å². The molecule has 0 unspecified atom stereocenters. The van der Waals surface area contributed by atoms with Crippen LogP contribution in [0.25, 0.3) is 54.9 Å². The number of ether oxygens (including phenoxy) is 1. The fourth-order valence-corrected chi connectivity index (χ4v) is 11.3. The largest absolute Gasteiger partial charge is 0.455 e. The van der Waals surface area contributed by atoms with Crippen molar-refractivity contribution in [1.82, 2.24) is 0 Å². The molecule has 0 fully saturated rings. The molecule has 1 heterocycles. The molecule has 0 amide bonds. The lowest BCUT2D eigenvalue weighted by Crippen LogP contribution is -2.32. The number of anilines is 3. The first-order valence-electron chi connectivity index (χ1n) is 21.7. The van der Waals surface area contributed by atoms with Crippen LogP contribution in [0.2, 0.25) is 0 Å². The fourth-order valence-electron chi connectivity index (χ4n) is 11.3. The smallest absolute Gasteiger partial charge is 0.140 e. The lowest BCUT2D eigenvalue weighted by molar-refractivity contribution is 0.447. The molecule has 10 aromatic carbocycles. The van der Waals surface area contributed by atoms with Crippen LogP contribution in [0.5, 0.6) is 11.5 Å². The molecule has 62 heavy (non-hydrogen) atoms. The molecular weight excluding hydrogens is 751 g/mol. The van der Waals surface area contributed by atoms with Crippen molar-refractivity contribution in [3.63, 3.8) is 0 Å². The van der Waals surface area contributed by atoms with Crippen molar-refractivity contribution >= 4 is 38.6 Å². The maximum Gasteiger partial charge on any atom is 0.140 e. The van der Waals surface area contributed by atoms with Crippen LogP contribution in [0.3, 0.4) is 0 Å². The molecule has 2 nitrogen and oxygen atoms in total. The Morgan fingerprint density at radius 2 is 0.887 bits per heavy atom. The standard InChI is InChI=1S/C60H41NO/c1-59(2)50-24-12-10-21-47(50)48-34-33-43(37-55(48)59)61(41-17-4-3-5-18-41)42-31-27-40(28-32-42)44-23-14-26-52-56(44)49-22-11-13-25-51(49)60(52)53-35-29-38-15-6-8-19-45(38)57(53)62-58-46-20-9-7-16-39(46)30-36-54(58)60/h3-37H,1-2H3. The molecule has 3 aliphatic rings. The fraction of sp³-hybridized carbons (Fsp3) is 0.0667. The first-order valence-corrected chi connectivity index (χ1v) is 21.7. The van der Waals surface area contributed by atoms with Gasteiger partial charge in [-0.25, -0.2) is 0 Å². The number of hydrogen-bond donors (Lipinski definition) is 0. The highest BCUT2D eigenvalue weighted by Crippen LogP contribution is 2.65. The van der Waals surface area contributed by atoms with Gasteiger partial charge in [0.15, 0.2) is 0 Å². The van der Waals surface area contributed by atoms with E-state index < -0.39 is 5.41 Å². The Morgan fingerprint density at radius 1 is 0.355 bits per heavy atom. The molecule has 0 bridgehead atoms. The van der Waals surface area contributed by atoms with Gasteiger partial charge in [-0.3, -0.25) is 0 Å². The zero-order valence-corrected chi connectivity index (χ0v) is 34.6. The van der Waals surface area contributed by atoms with Gasteiger partial charge in [0.1, 0.15) is 11.5 Å². The summed E-state index contributed by atoms with van der Waals surface area (Å²) in [4.78, 5) is 2.40. The lowest BCUT2D eigenvalue weighted by Gasteiger charge is -2.40. The van der Waals surface area contributed by atoms with Crippen molar-refractivity contribution in [3.8, 4) is 44.9 Å². The summed E-state index contributed by atoms with van der Waals surface area (Å²) in [5, 5.41) is 4.59. The predicted octanol–water partition coefficient (Wildman–Crippen LogP) is 15.9. The minimum Gasteiger partial charge on any atom is -0.455 e. The second-order valence-corrected chi connectivity index (χ2v) is 17.6. The van der Waals surface area contributed by atoms with Gasteiger partial charge in [0, 0.05) is 44.4 Å². The third-order valence-electron chi connectivity index (χ3n) is 14.1. The van der Waals surface area contributed by atoms with Crippen molar-refractivity contribution in [2.24, 2.45) is 0 Å². The Kier molecular flexibility index (Phi) is 7.31. The third kappa shape index (κ3) is 4.69. The molecule has 0 saturated heterocycles. The van der Waals surface area contributed by atoms with Crippen molar-refractivity contribution in [2.75, 3.05) is 4.90 Å². The molecule has 0 atom stereocenters. The van der Waals surface area contributed by atoms with E-state index in [-0.39, 0.29) is 5.41 Å². The molecule has 1 aliphatic heterocycles. The average Bonchev–Trinajstić information content (AvgIpc) is 3.75. The molecule has 0 saturated carbocycles. The molecule has 0 N–H and O–H groups in total. The number of fused-ring (bicyclic) bond motifs is 16. The van der Waals surface area contributed by atoms with Gasteiger partial charge in [0.2, 0.25) is 0 Å². The van der Waals surface area contributed by atoms with Crippen LogP contribution < -0.4 is 9.64 Å². The molecule has 0 radical (unpaired) electrons. The van der Waals surface area contributed by atoms with Gasteiger partial charge in [0.25, 0.3) is 0 Å². The highest BCUT2D eigenvalue weighted by molar-refractivity contribution is 6.02. The minimum absolute atomic E-state index is 0.0961. The molecule has 13 rings (SSSR count). The minimum atomic E-state index is -0.593.